The number of nitrogens with zero attached hydrogens (tertiary/aromatic N) is 1. The van der Waals surface area contributed by atoms with E-state index in [1.165, 1.54) is 0 Å². The molecule has 0 saturated heterocycles. The summed E-state index contributed by atoms with van der Waals surface area (Å²) in [5.41, 5.74) is 9.51. The van der Waals surface area contributed by atoms with Gasteiger partial charge >= 0.3 is 0 Å². The van der Waals surface area contributed by atoms with Crippen LogP contribution in [0.4, 0.5) is 5.82 Å². The van der Waals surface area contributed by atoms with Crippen molar-refractivity contribution in [3.8, 4) is 0 Å². The maximum Gasteiger partial charge on any atom is 0.130 e. The summed E-state index contributed by atoms with van der Waals surface area (Å²) in [6.07, 6.45) is 1.66. The molecule has 3 heteroatoms. The largest absolute Gasteiger partial charge is 0.383 e. The minimum Gasteiger partial charge on any atom is -0.383 e. The summed E-state index contributed by atoms with van der Waals surface area (Å²) < 4.78 is 0. The molecule has 100 valence electrons. The van der Waals surface area contributed by atoms with Crippen LogP contribution in [0.2, 0.25) is 0 Å². The van der Waals surface area contributed by atoms with E-state index in [0.717, 1.165) is 22.3 Å². The van der Waals surface area contributed by atoms with Crippen molar-refractivity contribution in [2.24, 2.45) is 0 Å². The van der Waals surface area contributed by atoms with Gasteiger partial charge in [-0.2, -0.15) is 0 Å². The molecule has 3 N–H and O–H groups in total. The molecule has 1 unspecified atom stereocenters. The maximum absolute atomic E-state index is 10.9. The normalized spacial score (nSPS) is 14.2. The number of hydrogen-bond acceptors (Lipinski definition) is 3. The Bertz CT molecular complexity index is 578. The molecule has 1 atom stereocenters. The lowest BCUT2D eigenvalue weighted by Crippen LogP contribution is -2.26. The zero-order valence-electron chi connectivity index (χ0n) is 11.9. The maximum atomic E-state index is 10.9. The third-order valence-corrected chi connectivity index (χ3v) is 3.46. The molecule has 0 aliphatic rings. The Morgan fingerprint density at radius 1 is 1.11 bits per heavy atom. The fourth-order valence-corrected chi connectivity index (χ4v) is 2.61. The molecular formula is C16H20N2O. The highest BCUT2D eigenvalue weighted by Gasteiger charge is 2.30. The number of benzene rings is 1. The number of nitrogens with two attached hydrogens (primary N) is 1. The molecular weight excluding hydrogens is 236 g/mol. The SMILES string of the molecule is Cc1cc(C)cc(C(C)(O)c2c(C)ccnc2N)c1. The van der Waals surface area contributed by atoms with Crippen LogP contribution in [0.1, 0.15) is 34.7 Å². The van der Waals surface area contributed by atoms with Gasteiger partial charge in [0.25, 0.3) is 0 Å². The summed E-state index contributed by atoms with van der Waals surface area (Å²) in [6.45, 7) is 7.74. The molecule has 2 rings (SSSR count). The van der Waals surface area contributed by atoms with Crippen molar-refractivity contribution in [3.63, 3.8) is 0 Å². The first-order valence-corrected chi connectivity index (χ1v) is 6.35. The average molecular weight is 256 g/mol. The van der Waals surface area contributed by atoms with Gasteiger partial charge in [0.15, 0.2) is 0 Å². The molecule has 2 aromatic rings. The van der Waals surface area contributed by atoms with E-state index >= 15 is 0 Å². The van der Waals surface area contributed by atoms with Crippen molar-refractivity contribution in [1.29, 1.82) is 0 Å². The monoisotopic (exact) mass is 256 g/mol. The Balaban J connectivity index is 2.64. The summed E-state index contributed by atoms with van der Waals surface area (Å²) in [4.78, 5) is 4.09. The summed E-state index contributed by atoms with van der Waals surface area (Å²) in [6, 6.07) is 7.92. The lowest BCUT2D eigenvalue weighted by Gasteiger charge is -2.27. The second-order valence-electron chi connectivity index (χ2n) is 5.34. The molecule has 1 heterocycles. The Labute approximate surface area is 114 Å². The molecule has 0 aliphatic heterocycles. The fourth-order valence-electron chi connectivity index (χ4n) is 2.61. The Kier molecular flexibility index (Phi) is 3.33. The molecule has 0 bridgehead atoms. The first kappa shape index (κ1) is 13.6. The van der Waals surface area contributed by atoms with Crippen LogP contribution in [0.25, 0.3) is 0 Å². The molecule has 1 aromatic heterocycles. The van der Waals surface area contributed by atoms with Gasteiger partial charge < -0.3 is 10.8 Å². The number of nitrogen functional groups attached to an aromatic ring is 1. The lowest BCUT2D eigenvalue weighted by atomic mass is 9.84. The van der Waals surface area contributed by atoms with E-state index in [9.17, 15) is 5.11 Å². The molecule has 0 saturated carbocycles. The number of pyridine rings is 1. The molecule has 0 aliphatic carbocycles. The van der Waals surface area contributed by atoms with Crippen LogP contribution in [0, 0.1) is 20.8 Å². The van der Waals surface area contributed by atoms with Gasteiger partial charge in [-0.1, -0.05) is 29.3 Å². The number of rotatable bonds is 2. The predicted octanol–water partition coefficient (Wildman–Crippen LogP) is 2.84. The van der Waals surface area contributed by atoms with Crippen LogP contribution < -0.4 is 5.73 Å². The van der Waals surface area contributed by atoms with Gasteiger partial charge in [0, 0.05) is 11.8 Å². The summed E-state index contributed by atoms with van der Waals surface area (Å²) in [7, 11) is 0. The Morgan fingerprint density at radius 2 is 1.68 bits per heavy atom. The predicted molar refractivity (Wildman–Crippen MR) is 78.0 cm³/mol. The van der Waals surface area contributed by atoms with E-state index in [0.29, 0.717) is 11.4 Å². The van der Waals surface area contributed by atoms with Gasteiger partial charge in [-0.15, -0.1) is 0 Å². The number of anilines is 1. The minimum absolute atomic E-state index is 0.379. The van der Waals surface area contributed by atoms with E-state index < -0.39 is 5.60 Å². The number of hydrogen-bond donors (Lipinski definition) is 2. The molecule has 0 radical (unpaired) electrons. The van der Waals surface area contributed by atoms with E-state index in [1.54, 1.807) is 13.1 Å². The van der Waals surface area contributed by atoms with Crippen LogP contribution in [-0.4, -0.2) is 10.1 Å². The van der Waals surface area contributed by atoms with Crippen molar-refractivity contribution >= 4 is 5.82 Å². The average Bonchev–Trinajstić information content (AvgIpc) is 2.26. The van der Waals surface area contributed by atoms with Gasteiger partial charge in [0.05, 0.1) is 0 Å². The fraction of sp³-hybridized carbons (Fsp3) is 0.312. The molecule has 0 spiro atoms. The van der Waals surface area contributed by atoms with E-state index in [4.69, 9.17) is 5.73 Å². The van der Waals surface area contributed by atoms with Crippen molar-refractivity contribution in [3.05, 3.63) is 58.3 Å². The number of aryl methyl sites for hydroxylation is 3. The smallest absolute Gasteiger partial charge is 0.130 e. The summed E-state index contributed by atoms with van der Waals surface area (Å²) in [5.74, 6) is 0.379. The van der Waals surface area contributed by atoms with Crippen molar-refractivity contribution in [1.82, 2.24) is 4.98 Å². The van der Waals surface area contributed by atoms with Gasteiger partial charge in [-0.05, 0) is 44.9 Å². The molecule has 0 fully saturated rings. The highest BCUT2D eigenvalue weighted by atomic mass is 16.3. The summed E-state index contributed by atoms with van der Waals surface area (Å²) >= 11 is 0. The highest BCUT2D eigenvalue weighted by molar-refractivity contribution is 5.52. The second kappa shape index (κ2) is 4.67. The minimum atomic E-state index is -1.14. The summed E-state index contributed by atoms with van der Waals surface area (Å²) in [5, 5.41) is 10.9. The van der Waals surface area contributed by atoms with Gasteiger partial charge in [0.2, 0.25) is 0 Å². The van der Waals surface area contributed by atoms with Gasteiger partial charge in [-0.3, -0.25) is 0 Å². The van der Waals surface area contributed by atoms with Crippen LogP contribution in [0.15, 0.2) is 30.5 Å². The number of aliphatic hydroxyl groups is 1. The quantitative estimate of drug-likeness (QED) is 0.868. The van der Waals surface area contributed by atoms with E-state index in [2.05, 4.69) is 11.1 Å². The third-order valence-electron chi connectivity index (χ3n) is 3.46. The highest BCUT2D eigenvalue weighted by Crippen LogP contribution is 2.34. The molecule has 1 aromatic carbocycles. The molecule has 19 heavy (non-hydrogen) atoms. The van der Waals surface area contributed by atoms with Crippen LogP contribution in [0.5, 0.6) is 0 Å². The third kappa shape index (κ3) is 2.47. The Morgan fingerprint density at radius 3 is 2.21 bits per heavy atom. The first-order chi connectivity index (χ1) is 8.82. The zero-order valence-corrected chi connectivity index (χ0v) is 11.9. The topological polar surface area (TPSA) is 59.1 Å². The van der Waals surface area contributed by atoms with Gasteiger partial charge in [0.1, 0.15) is 11.4 Å². The van der Waals surface area contributed by atoms with Gasteiger partial charge in [-0.25, -0.2) is 4.98 Å². The van der Waals surface area contributed by atoms with Crippen LogP contribution >= 0.6 is 0 Å². The standard InChI is InChI=1S/C16H20N2O/c1-10-7-11(2)9-13(8-10)16(4,19)14-12(3)5-6-18-15(14)17/h5-9,19H,1-4H3,(H2,17,18). The first-order valence-electron chi connectivity index (χ1n) is 6.35. The van der Waals surface area contributed by atoms with Crippen molar-refractivity contribution in [2.75, 3.05) is 5.73 Å². The van der Waals surface area contributed by atoms with E-state index in [1.807, 2.05) is 39.0 Å². The lowest BCUT2D eigenvalue weighted by molar-refractivity contribution is 0.102. The van der Waals surface area contributed by atoms with Crippen molar-refractivity contribution in [2.45, 2.75) is 33.3 Å². The van der Waals surface area contributed by atoms with Crippen molar-refractivity contribution < 1.29 is 5.11 Å². The van der Waals surface area contributed by atoms with Crippen LogP contribution in [-0.2, 0) is 5.60 Å². The van der Waals surface area contributed by atoms with E-state index in [-0.39, 0.29) is 0 Å². The number of aromatic nitrogens is 1. The Hall–Kier alpha value is -1.87. The molecule has 0 amide bonds. The van der Waals surface area contributed by atoms with Crippen LogP contribution in [0.3, 0.4) is 0 Å². The molecule has 3 nitrogen and oxygen atoms in total. The zero-order chi connectivity index (χ0) is 14.2. The second-order valence-corrected chi connectivity index (χ2v) is 5.34.